The zero-order valence-corrected chi connectivity index (χ0v) is 19.8. The van der Waals surface area contributed by atoms with Crippen LogP contribution in [0.3, 0.4) is 0 Å². The Kier molecular flexibility index (Phi) is 6.16. The molecule has 0 saturated carbocycles. The van der Waals surface area contributed by atoms with Crippen molar-refractivity contribution in [1.29, 1.82) is 0 Å². The van der Waals surface area contributed by atoms with Gasteiger partial charge in [0.2, 0.25) is 10.0 Å². The van der Waals surface area contributed by atoms with Crippen LogP contribution in [-0.2, 0) is 16.6 Å². The van der Waals surface area contributed by atoms with E-state index in [4.69, 9.17) is 4.74 Å². The molecule has 2 aromatic rings. The van der Waals surface area contributed by atoms with Gasteiger partial charge in [-0.2, -0.15) is 9.40 Å². The quantitative estimate of drug-likeness (QED) is 0.719. The molecule has 31 heavy (non-hydrogen) atoms. The number of nitrogens with zero attached hydrogens (tertiary/aromatic N) is 4. The Morgan fingerprint density at radius 1 is 1.10 bits per heavy atom. The molecule has 0 unspecified atom stereocenters. The lowest BCUT2D eigenvalue weighted by atomic mass is 9.78. The fourth-order valence-electron chi connectivity index (χ4n) is 4.55. The minimum Gasteiger partial charge on any atom is -0.492 e. The first-order valence-corrected chi connectivity index (χ1v) is 12.6. The molecule has 0 radical (unpaired) electrons. The van der Waals surface area contributed by atoms with Gasteiger partial charge in [0.15, 0.2) is 0 Å². The van der Waals surface area contributed by atoms with Gasteiger partial charge >= 0.3 is 0 Å². The first-order chi connectivity index (χ1) is 14.7. The number of benzene rings is 1. The van der Waals surface area contributed by atoms with Crippen LogP contribution in [0.1, 0.15) is 52.1 Å². The third-order valence-corrected chi connectivity index (χ3v) is 8.61. The minimum absolute atomic E-state index is 0.104. The van der Waals surface area contributed by atoms with E-state index in [1.165, 1.54) is 5.56 Å². The van der Waals surface area contributed by atoms with Crippen molar-refractivity contribution in [2.24, 2.45) is 5.41 Å². The zero-order chi connectivity index (χ0) is 22.2. The number of piperidine rings is 1. The van der Waals surface area contributed by atoms with Crippen LogP contribution in [0.2, 0.25) is 0 Å². The van der Waals surface area contributed by atoms with E-state index in [0.29, 0.717) is 24.9 Å². The van der Waals surface area contributed by atoms with Gasteiger partial charge in [0, 0.05) is 42.3 Å². The molecule has 0 amide bonds. The molecule has 7 nitrogen and oxygen atoms in total. The number of fused-ring (bicyclic) bond motifs is 1. The summed E-state index contributed by atoms with van der Waals surface area (Å²) in [6, 6.07) is 7.27. The summed E-state index contributed by atoms with van der Waals surface area (Å²) in [5, 5.41) is 4.45. The molecule has 0 atom stereocenters. The van der Waals surface area contributed by atoms with Gasteiger partial charge in [-0.1, -0.05) is 12.1 Å². The normalized spacial score (nSPS) is 21.6. The lowest BCUT2D eigenvalue weighted by molar-refractivity contribution is 0.0283. The zero-order valence-electron chi connectivity index (χ0n) is 19.0. The van der Waals surface area contributed by atoms with E-state index >= 15 is 0 Å². The van der Waals surface area contributed by atoms with Crippen LogP contribution in [0.5, 0.6) is 5.75 Å². The van der Waals surface area contributed by atoms with Crippen LogP contribution >= 0.6 is 0 Å². The van der Waals surface area contributed by atoms with Gasteiger partial charge in [-0.3, -0.25) is 9.58 Å². The summed E-state index contributed by atoms with van der Waals surface area (Å²) >= 11 is 0. The van der Waals surface area contributed by atoms with Crippen molar-refractivity contribution < 1.29 is 13.2 Å². The highest BCUT2D eigenvalue weighted by Crippen LogP contribution is 2.40. The van der Waals surface area contributed by atoms with Crippen LogP contribution in [0.25, 0.3) is 0 Å². The second kappa shape index (κ2) is 8.56. The smallest absolute Gasteiger partial charge is 0.247 e. The molecule has 2 aliphatic rings. The first kappa shape index (κ1) is 22.3. The molecule has 2 aliphatic heterocycles. The number of sulfonamides is 1. The number of rotatable bonds is 4. The highest BCUT2D eigenvalue weighted by molar-refractivity contribution is 7.89. The Bertz CT molecular complexity index is 1010. The Labute approximate surface area is 186 Å². The fraction of sp³-hybridized carbons (Fsp3) is 0.609. The molecule has 0 aliphatic carbocycles. The SMILES string of the molecule is CC(C)N1CC2(CCN(Cc3cnn(C(C)C)c3)CC2)COc2ccccc2S1(=O)=O. The summed E-state index contributed by atoms with van der Waals surface area (Å²) in [7, 11) is -3.60. The van der Waals surface area contributed by atoms with Gasteiger partial charge < -0.3 is 4.74 Å². The first-order valence-electron chi connectivity index (χ1n) is 11.2. The molecule has 1 aromatic heterocycles. The predicted octanol–water partition coefficient (Wildman–Crippen LogP) is 3.54. The lowest BCUT2D eigenvalue weighted by Gasteiger charge is -2.45. The lowest BCUT2D eigenvalue weighted by Crippen LogP contribution is -2.52. The van der Waals surface area contributed by atoms with Gasteiger partial charge in [-0.15, -0.1) is 0 Å². The molecule has 1 saturated heterocycles. The Hall–Kier alpha value is -1.90. The summed E-state index contributed by atoms with van der Waals surface area (Å²) < 4.78 is 36.7. The minimum atomic E-state index is -3.60. The van der Waals surface area contributed by atoms with Gasteiger partial charge in [-0.05, 0) is 65.8 Å². The van der Waals surface area contributed by atoms with Crippen molar-refractivity contribution in [3.8, 4) is 5.75 Å². The van der Waals surface area contributed by atoms with Crippen LogP contribution in [-0.4, -0.2) is 59.7 Å². The average Bonchev–Trinajstić information content (AvgIpc) is 3.20. The van der Waals surface area contributed by atoms with E-state index in [-0.39, 0.29) is 16.4 Å². The summed E-state index contributed by atoms with van der Waals surface area (Å²) in [6.07, 6.45) is 5.89. The van der Waals surface area contributed by atoms with Crippen molar-refractivity contribution in [2.75, 3.05) is 26.2 Å². The van der Waals surface area contributed by atoms with E-state index < -0.39 is 10.0 Å². The van der Waals surface area contributed by atoms with Crippen molar-refractivity contribution in [3.63, 3.8) is 0 Å². The van der Waals surface area contributed by atoms with Crippen molar-refractivity contribution in [2.45, 2.75) is 64.1 Å². The second-order valence-electron chi connectivity index (χ2n) is 9.58. The number of hydrogen-bond donors (Lipinski definition) is 0. The molecular weight excluding hydrogens is 412 g/mol. The van der Waals surface area contributed by atoms with Gasteiger partial charge in [-0.25, -0.2) is 8.42 Å². The largest absolute Gasteiger partial charge is 0.492 e. The maximum atomic E-state index is 13.4. The number of likely N-dealkylation sites (tertiary alicyclic amines) is 1. The monoisotopic (exact) mass is 446 g/mol. The Morgan fingerprint density at radius 3 is 2.45 bits per heavy atom. The molecule has 4 rings (SSSR count). The van der Waals surface area contributed by atoms with Crippen molar-refractivity contribution >= 4 is 10.0 Å². The highest BCUT2D eigenvalue weighted by atomic mass is 32.2. The molecule has 0 N–H and O–H groups in total. The molecule has 1 spiro atoms. The predicted molar refractivity (Wildman–Crippen MR) is 121 cm³/mol. The summed E-state index contributed by atoms with van der Waals surface area (Å²) in [4.78, 5) is 2.71. The standard InChI is InChI=1S/C23H34N4O3S/c1-18(2)26-15-20(13-24-26)14-25-11-9-23(10-12-25)16-27(19(3)4)31(28,29)22-8-6-5-7-21(22)30-17-23/h5-8,13,15,18-19H,9-12,14,16-17H2,1-4H3. The summed E-state index contributed by atoms with van der Waals surface area (Å²) in [5.74, 6) is 0.468. The molecule has 8 heteroatoms. The van der Waals surface area contributed by atoms with Crippen molar-refractivity contribution in [3.05, 3.63) is 42.2 Å². The maximum absolute atomic E-state index is 13.4. The number of aromatic nitrogens is 2. The third kappa shape index (κ3) is 4.52. The van der Waals surface area contributed by atoms with Gasteiger partial charge in [0.05, 0.1) is 12.8 Å². The van der Waals surface area contributed by atoms with E-state index in [9.17, 15) is 8.42 Å². The molecule has 170 valence electrons. The van der Waals surface area contributed by atoms with Crippen LogP contribution in [0, 0.1) is 5.41 Å². The fourth-order valence-corrected chi connectivity index (χ4v) is 6.43. The van der Waals surface area contributed by atoms with E-state index in [0.717, 1.165) is 32.5 Å². The van der Waals surface area contributed by atoms with Crippen molar-refractivity contribution in [1.82, 2.24) is 19.0 Å². The number of hydrogen-bond acceptors (Lipinski definition) is 5. The average molecular weight is 447 g/mol. The number of para-hydroxylation sites is 1. The Balaban J connectivity index is 1.52. The van der Waals surface area contributed by atoms with E-state index in [1.54, 1.807) is 22.5 Å². The molecule has 1 fully saturated rings. The maximum Gasteiger partial charge on any atom is 0.247 e. The molecule has 1 aromatic carbocycles. The van der Waals surface area contributed by atoms with Gasteiger partial charge in [0.25, 0.3) is 0 Å². The summed E-state index contributed by atoms with van der Waals surface area (Å²) in [5.41, 5.74) is 1.04. The Morgan fingerprint density at radius 2 is 1.81 bits per heavy atom. The topological polar surface area (TPSA) is 67.7 Å². The van der Waals surface area contributed by atoms with Crippen LogP contribution in [0.4, 0.5) is 0 Å². The summed E-state index contributed by atoms with van der Waals surface area (Å²) in [6.45, 7) is 11.9. The van der Waals surface area contributed by atoms with Crippen LogP contribution in [0.15, 0.2) is 41.6 Å². The van der Waals surface area contributed by atoms with E-state index in [2.05, 4.69) is 30.0 Å². The third-order valence-electron chi connectivity index (χ3n) is 6.54. The molecule has 3 heterocycles. The van der Waals surface area contributed by atoms with Gasteiger partial charge in [0.1, 0.15) is 10.6 Å². The van der Waals surface area contributed by atoms with E-state index in [1.807, 2.05) is 30.8 Å². The highest BCUT2D eigenvalue weighted by Gasteiger charge is 2.43. The number of ether oxygens (including phenoxy) is 1. The second-order valence-corrected chi connectivity index (χ2v) is 11.4. The molecular formula is C23H34N4O3S. The molecule has 0 bridgehead atoms. The van der Waals surface area contributed by atoms with Crippen LogP contribution < -0.4 is 4.74 Å².